The van der Waals surface area contributed by atoms with Gasteiger partial charge in [0, 0.05) is 30.1 Å². The molecule has 0 radical (unpaired) electrons. The van der Waals surface area contributed by atoms with Gasteiger partial charge < -0.3 is 14.2 Å². The van der Waals surface area contributed by atoms with Gasteiger partial charge >= 0.3 is 0 Å². The number of rotatable bonds is 5. The van der Waals surface area contributed by atoms with Crippen LogP contribution in [0.3, 0.4) is 0 Å². The fourth-order valence-corrected chi connectivity index (χ4v) is 3.79. The zero-order chi connectivity index (χ0) is 21.1. The van der Waals surface area contributed by atoms with E-state index in [1.165, 1.54) is 18.2 Å². The summed E-state index contributed by atoms with van der Waals surface area (Å²) in [4.78, 5) is 18.8. The molecule has 1 fully saturated rings. The van der Waals surface area contributed by atoms with Crippen molar-refractivity contribution < 1.29 is 18.4 Å². The van der Waals surface area contributed by atoms with Gasteiger partial charge in [0.1, 0.15) is 11.6 Å². The van der Waals surface area contributed by atoms with Crippen molar-refractivity contribution in [2.45, 2.75) is 19.3 Å². The molecule has 0 aliphatic carbocycles. The Balaban J connectivity index is 1.34. The maximum absolute atomic E-state index is 14.0. The van der Waals surface area contributed by atoms with Crippen molar-refractivity contribution in [2.24, 2.45) is 5.92 Å². The number of amides is 1. The molecule has 1 aromatic heterocycles. The summed E-state index contributed by atoms with van der Waals surface area (Å²) in [6, 6.07) is 11.5. The first-order chi connectivity index (χ1) is 14.5. The van der Waals surface area contributed by atoms with Crippen molar-refractivity contribution in [1.29, 1.82) is 0 Å². The topological polar surface area (TPSA) is 68.5 Å². The van der Waals surface area contributed by atoms with Crippen molar-refractivity contribution in [3.05, 3.63) is 64.8 Å². The quantitative estimate of drug-likeness (QED) is 0.591. The first-order valence-corrected chi connectivity index (χ1v) is 10.1. The number of ether oxygens (including phenoxy) is 1. The van der Waals surface area contributed by atoms with Crippen LogP contribution in [0.2, 0.25) is 5.02 Å². The first kappa shape index (κ1) is 20.3. The van der Waals surface area contributed by atoms with E-state index in [2.05, 4.69) is 10.1 Å². The molecular formula is C22H21ClFN3O3. The molecule has 3 aromatic rings. The van der Waals surface area contributed by atoms with E-state index in [-0.39, 0.29) is 11.5 Å². The molecule has 0 N–H and O–H groups in total. The normalized spacial score (nSPS) is 14.7. The zero-order valence-electron chi connectivity index (χ0n) is 16.5. The number of hydrogen-bond donors (Lipinski definition) is 0. The molecule has 4 rings (SSSR count). The largest absolute Gasteiger partial charge is 0.497 e. The SMILES string of the molecule is COc1ccc(-c2noc(CC3CCN(C(=O)c4cc(Cl)ccc4F)CC3)n2)cc1. The fraction of sp³-hybridized carbons (Fsp3) is 0.318. The minimum atomic E-state index is -0.552. The molecule has 156 valence electrons. The van der Waals surface area contributed by atoms with E-state index in [0.29, 0.717) is 42.2 Å². The van der Waals surface area contributed by atoms with E-state index >= 15 is 0 Å². The van der Waals surface area contributed by atoms with Gasteiger partial charge in [-0.05, 0) is 61.2 Å². The Hall–Kier alpha value is -2.93. The van der Waals surface area contributed by atoms with E-state index in [4.69, 9.17) is 20.9 Å². The van der Waals surface area contributed by atoms with Gasteiger partial charge in [0.05, 0.1) is 12.7 Å². The van der Waals surface area contributed by atoms with Crippen molar-refractivity contribution in [1.82, 2.24) is 15.0 Å². The fourth-order valence-electron chi connectivity index (χ4n) is 3.61. The highest BCUT2D eigenvalue weighted by Crippen LogP contribution is 2.25. The van der Waals surface area contributed by atoms with Gasteiger partial charge in [0.2, 0.25) is 11.7 Å². The van der Waals surface area contributed by atoms with Gasteiger partial charge in [-0.2, -0.15) is 4.98 Å². The number of halogens is 2. The van der Waals surface area contributed by atoms with Crippen molar-refractivity contribution in [2.75, 3.05) is 20.2 Å². The minimum Gasteiger partial charge on any atom is -0.497 e. The Bertz CT molecular complexity index is 1030. The average Bonchev–Trinajstić information content (AvgIpc) is 3.24. The van der Waals surface area contributed by atoms with Gasteiger partial charge in [-0.3, -0.25) is 4.79 Å². The number of methoxy groups -OCH3 is 1. The maximum atomic E-state index is 14.0. The predicted molar refractivity (Wildman–Crippen MR) is 110 cm³/mol. The molecule has 2 heterocycles. The molecule has 0 unspecified atom stereocenters. The van der Waals surface area contributed by atoms with Crippen LogP contribution < -0.4 is 4.74 Å². The van der Waals surface area contributed by atoms with Crippen LogP contribution >= 0.6 is 11.6 Å². The van der Waals surface area contributed by atoms with Gasteiger partial charge in [0.25, 0.3) is 5.91 Å². The lowest BCUT2D eigenvalue weighted by molar-refractivity contribution is 0.0682. The monoisotopic (exact) mass is 429 g/mol. The number of hydrogen-bond acceptors (Lipinski definition) is 5. The molecule has 2 aromatic carbocycles. The highest BCUT2D eigenvalue weighted by Gasteiger charge is 2.26. The Labute approximate surface area is 178 Å². The Kier molecular flexibility index (Phi) is 5.99. The van der Waals surface area contributed by atoms with Gasteiger partial charge in [-0.1, -0.05) is 16.8 Å². The summed E-state index contributed by atoms with van der Waals surface area (Å²) in [6.45, 7) is 1.10. The van der Waals surface area contributed by atoms with Crippen LogP contribution in [0.1, 0.15) is 29.1 Å². The maximum Gasteiger partial charge on any atom is 0.256 e. The number of nitrogens with zero attached hydrogens (tertiary/aromatic N) is 3. The lowest BCUT2D eigenvalue weighted by Crippen LogP contribution is -2.39. The summed E-state index contributed by atoms with van der Waals surface area (Å²) < 4.78 is 24.6. The van der Waals surface area contributed by atoms with Gasteiger partial charge in [-0.15, -0.1) is 0 Å². The van der Waals surface area contributed by atoms with E-state index in [1.54, 1.807) is 12.0 Å². The van der Waals surface area contributed by atoms with Crippen LogP contribution in [0.15, 0.2) is 47.0 Å². The Morgan fingerprint density at radius 2 is 1.97 bits per heavy atom. The molecule has 8 heteroatoms. The molecule has 1 saturated heterocycles. The number of benzene rings is 2. The number of aromatic nitrogens is 2. The van der Waals surface area contributed by atoms with Crippen LogP contribution in [-0.4, -0.2) is 41.1 Å². The molecule has 0 bridgehead atoms. The van der Waals surface area contributed by atoms with Crippen LogP contribution in [0, 0.1) is 11.7 Å². The predicted octanol–water partition coefficient (Wildman–Crippen LogP) is 4.63. The Morgan fingerprint density at radius 1 is 1.23 bits per heavy atom. The molecule has 1 amide bonds. The van der Waals surface area contributed by atoms with Crippen LogP contribution in [0.25, 0.3) is 11.4 Å². The zero-order valence-corrected chi connectivity index (χ0v) is 17.2. The smallest absolute Gasteiger partial charge is 0.256 e. The summed E-state index contributed by atoms with van der Waals surface area (Å²) in [7, 11) is 1.62. The summed E-state index contributed by atoms with van der Waals surface area (Å²) in [5.41, 5.74) is 0.872. The molecule has 0 spiro atoms. The molecule has 1 aliphatic heterocycles. The molecule has 0 saturated carbocycles. The number of piperidine rings is 1. The van der Waals surface area contributed by atoms with Gasteiger partial charge in [0.15, 0.2) is 0 Å². The molecule has 30 heavy (non-hydrogen) atoms. The Morgan fingerprint density at radius 3 is 2.67 bits per heavy atom. The second-order valence-corrected chi connectivity index (χ2v) is 7.74. The first-order valence-electron chi connectivity index (χ1n) is 9.75. The summed E-state index contributed by atoms with van der Waals surface area (Å²) in [6.07, 6.45) is 2.22. The molecular weight excluding hydrogens is 409 g/mol. The molecule has 0 atom stereocenters. The minimum absolute atomic E-state index is 0.0157. The number of carbonyl (C=O) groups is 1. The standard InChI is InChI=1S/C22H21ClFN3O3/c1-29-17-5-2-15(3-6-17)21-25-20(30-26-21)12-14-8-10-27(11-9-14)22(28)18-13-16(23)4-7-19(18)24/h2-7,13-14H,8-12H2,1H3. The summed E-state index contributed by atoms with van der Waals surface area (Å²) in [5.74, 6) is 1.32. The van der Waals surface area contributed by atoms with Crippen LogP contribution in [0.4, 0.5) is 4.39 Å². The second kappa shape index (κ2) is 8.83. The van der Waals surface area contributed by atoms with E-state index in [1.807, 2.05) is 24.3 Å². The second-order valence-electron chi connectivity index (χ2n) is 7.30. The highest BCUT2D eigenvalue weighted by molar-refractivity contribution is 6.31. The average molecular weight is 430 g/mol. The van der Waals surface area contributed by atoms with E-state index in [0.717, 1.165) is 24.2 Å². The summed E-state index contributed by atoms with van der Waals surface area (Å²) in [5, 5.41) is 4.41. The number of carbonyl (C=O) groups excluding carboxylic acids is 1. The molecule has 6 nitrogen and oxygen atoms in total. The molecule has 1 aliphatic rings. The van der Waals surface area contributed by atoms with E-state index < -0.39 is 5.82 Å². The van der Waals surface area contributed by atoms with Crippen molar-refractivity contribution in [3.8, 4) is 17.1 Å². The van der Waals surface area contributed by atoms with Crippen molar-refractivity contribution in [3.63, 3.8) is 0 Å². The van der Waals surface area contributed by atoms with E-state index in [9.17, 15) is 9.18 Å². The number of likely N-dealkylation sites (tertiary alicyclic amines) is 1. The third kappa shape index (κ3) is 4.46. The third-order valence-corrected chi connectivity index (χ3v) is 5.58. The van der Waals surface area contributed by atoms with Gasteiger partial charge in [-0.25, -0.2) is 4.39 Å². The highest BCUT2D eigenvalue weighted by atomic mass is 35.5. The van der Waals surface area contributed by atoms with Crippen LogP contribution in [-0.2, 0) is 6.42 Å². The van der Waals surface area contributed by atoms with Crippen LogP contribution in [0.5, 0.6) is 5.75 Å². The lowest BCUT2D eigenvalue weighted by Gasteiger charge is -2.31. The van der Waals surface area contributed by atoms with Crippen molar-refractivity contribution >= 4 is 17.5 Å². The lowest BCUT2D eigenvalue weighted by atomic mass is 9.93. The third-order valence-electron chi connectivity index (χ3n) is 5.34. The summed E-state index contributed by atoms with van der Waals surface area (Å²) >= 11 is 5.91.